The molecule has 4 fully saturated rings. The number of aromatic nitrogens is 2. The van der Waals surface area contributed by atoms with E-state index in [2.05, 4.69) is 30.7 Å². The fourth-order valence-electron chi connectivity index (χ4n) is 8.70. The standard InChI is InChI=1S/C37H41F3N8O5S2/c1-20-13-23-29(28(40)26(20)22-7-8-25(39)30-27(22)24(15-41)32(54-30)45-34(49)53-35(2,3)4)43-33(52-19-37-10-6-12-48(37)16-21(38)14-37)44-31(23)47-11-5-9-36(18-47)17-42-55(50,51)46-36/h7-8,13,21,42,46H,5-6,9-12,14,16-19H2,1-4H3,(H,45,49)/t21-,36+,37+/m1/s1. The highest BCUT2D eigenvalue weighted by atomic mass is 32.2. The van der Waals surface area contributed by atoms with Crippen LogP contribution in [0.5, 0.6) is 6.01 Å². The third kappa shape index (κ3) is 6.83. The highest BCUT2D eigenvalue weighted by molar-refractivity contribution is 7.87. The van der Waals surface area contributed by atoms with E-state index in [1.165, 1.54) is 12.1 Å². The van der Waals surface area contributed by atoms with E-state index in [0.29, 0.717) is 49.1 Å². The maximum Gasteiger partial charge on any atom is 0.412 e. The van der Waals surface area contributed by atoms with Crippen molar-refractivity contribution in [1.82, 2.24) is 24.3 Å². The number of nitrogens with one attached hydrogen (secondary N) is 3. The average molecular weight is 799 g/mol. The van der Waals surface area contributed by atoms with Crippen LogP contribution in [0, 0.1) is 29.9 Å². The monoisotopic (exact) mass is 798 g/mol. The van der Waals surface area contributed by atoms with E-state index < -0.39 is 50.8 Å². The van der Waals surface area contributed by atoms with Gasteiger partial charge in [0.2, 0.25) is 0 Å². The second-order valence-corrected chi connectivity index (χ2v) is 18.6. The number of piperidine rings is 1. The number of benzene rings is 2. The number of hydrogen-bond donors (Lipinski definition) is 3. The lowest BCUT2D eigenvalue weighted by Crippen LogP contribution is -2.56. The van der Waals surface area contributed by atoms with Gasteiger partial charge in [0.15, 0.2) is 5.82 Å². The van der Waals surface area contributed by atoms with Crippen LogP contribution in [0.3, 0.4) is 0 Å². The predicted molar refractivity (Wildman–Crippen MR) is 202 cm³/mol. The van der Waals surface area contributed by atoms with Gasteiger partial charge >= 0.3 is 12.1 Å². The first-order valence-electron chi connectivity index (χ1n) is 18.2. The Balaban J connectivity index is 1.26. The summed E-state index contributed by atoms with van der Waals surface area (Å²) in [4.78, 5) is 26.1. The zero-order chi connectivity index (χ0) is 39.1. The molecule has 18 heteroatoms. The first-order valence-corrected chi connectivity index (χ1v) is 20.5. The number of thiophene rings is 1. The number of halogens is 3. The number of hydrogen-bond acceptors (Lipinski definition) is 11. The summed E-state index contributed by atoms with van der Waals surface area (Å²) in [6, 6.07) is 6.26. The fraction of sp³-hybridized carbons (Fsp3) is 0.514. The molecule has 4 saturated heterocycles. The highest BCUT2D eigenvalue weighted by Gasteiger charge is 2.50. The number of carbonyl (C=O) groups excluding carboxylic acids is 1. The maximum atomic E-state index is 17.4. The Hall–Kier alpha value is -4.28. The summed E-state index contributed by atoms with van der Waals surface area (Å²) in [7, 11) is -3.69. The maximum absolute atomic E-state index is 17.4. The Kier molecular flexibility index (Phi) is 9.19. The molecule has 0 unspecified atom stereocenters. The molecular formula is C37H41F3N8O5S2. The summed E-state index contributed by atoms with van der Waals surface area (Å²) in [5.41, 5.74) is -1.63. The number of nitrogens with zero attached hydrogens (tertiary/aromatic N) is 5. The summed E-state index contributed by atoms with van der Waals surface area (Å²) in [6.45, 7) is 8.81. The second-order valence-electron chi connectivity index (χ2n) is 16.0. The molecule has 0 aliphatic carbocycles. The smallest absolute Gasteiger partial charge is 0.412 e. The average Bonchev–Trinajstić information content (AvgIpc) is 3.83. The van der Waals surface area contributed by atoms with Crippen LogP contribution in [0.2, 0.25) is 0 Å². The molecule has 0 radical (unpaired) electrons. The number of nitriles is 1. The van der Waals surface area contributed by atoms with Gasteiger partial charge in [0.05, 0.1) is 21.3 Å². The van der Waals surface area contributed by atoms with E-state index >= 15 is 8.78 Å². The third-order valence-electron chi connectivity index (χ3n) is 10.9. The molecule has 1 spiro atoms. The van der Waals surface area contributed by atoms with Crippen LogP contribution in [-0.4, -0.2) is 91.6 Å². The molecule has 1 amide bonds. The third-order valence-corrected chi connectivity index (χ3v) is 13.3. The molecule has 55 heavy (non-hydrogen) atoms. The first-order chi connectivity index (χ1) is 26.0. The molecule has 4 aliphatic rings. The second kappa shape index (κ2) is 13.4. The number of aryl methyl sites for hydroxylation is 1. The molecule has 0 bridgehead atoms. The number of alkyl halides is 1. The van der Waals surface area contributed by atoms with Crippen LogP contribution in [-0.2, 0) is 14.9 Å². The van der Waals surface area contributed by atoms with Gasteiger partial charge < -0.3 is 14.4 Å². The molecule has 2 aromatic carbocycles. The van der Waals surface area contributed by atoms with Crippen LogP contribution < -0.4 is 24.4 Å². The van der Waals surface area contributed by atoms with Crippen LogP contribution in [0.25, 0.3) is 32.1 Å². The summed E-state index contributed by atoms with van der Waals surface area (Å²) >= 11 is 0.843. The number of anilines is 2. The van der Waals surface area contributed by atoms with E-state index in [1.807, 2.05) is 4.90 Å². The van der Waals surface area contributed by atoms with Crippen molar-refractivity contribution in [2.75, 3.05) is 49.5 Å². The first kappa shape index (κ1) is 37.6. The van der Waals surface area contributed by atoms with Gasteiger partial charge in [-0.2, -0.15) is 28.4 Å². The normalized spacial score (nSPS) is 25.1. The molecule has 0 saturated carbocycles. The van der Waals surface area contributed by atoms with Crippen LogP contribution >= 0.6 is 11.3 Å². The van der Waals surface area contributed by atoms with Crippen molar-refractivity contribution >= 4 is 59.4 Å². The molecule has 2 aromatic heterocycles. The summed E-state index contributed by atoms with van der Waals surface area (Å²) in [5.74, 6) is -1.08. The lowest BCUT2D eigenvalue weighted by atomic mass is 9.90. The largest absolute Gasteiger partial charge is 0.461 e. The van der Waals surface area contributed by atoms with Crippen molar-refractivity contribution in [3.05, 3.63) is 41.0 Å². The molecule has 8 rings (SSSR count). The van der Waals surface area contributed by atoms with E-state index in [9.17, 15) is 22.9 Å². The Morgan fingerprint density at radius 1 is 1.20 bits per heavy atom. The van der Waals surface area contributed by atoms with Gasteiger partial charge in [0, 0.05) is 48.9 Å². The Morgan fingerprint density at radius 2 is 1.98 bits per heavy atom. The predicted octanol–water partition coefficient (Wildman–Crippen LogP) is 6.05. The summed E-state index contributed by atoms with van der Waals surface area (Å²) in [5, 5.41) is 13.4. The Morgan fingerprint density at radius 3 is 2.71 bits per heavy atom. The molecule has 4 aromatic rings. The number of ether oxygens (including phenoxy) is 2. The number of carbonyl (C=O) groups is 1. The van der Waals surface area contributed by atoms with Crippen molar-refractivity contribution in [3.8, 4) is 23.2 Å². The zero-order valence-electron chi connectivity index (χ0n) is 30.8. The van der Waals surface area contributed by atoms with E-state index in [4.69, 9.17) is 14.5 Å². The molecule has 4 aliphatic heterocycles. The number of fused-ring (bicyclic) bond motifs is 3. The Bertz CT molecular complexity index is 2400. The van der Waals surface area contributed by atoms with Gasteiger partial charge in [-0.25, -0.2) is 22.7 Å². The highest BCUT2D eigenvalue weighted by Crippen LogP contribution is 2.46. The van der Waals surface area contributed by atoms with Gasteiger partial charge in [-0.15, -0.1) is 11.3 Å². The quantitative estimate of drug-likeness (QED) is 0.210. The van der Waals surface area contributed by atoms with Gasteiger partial charge in [-0.05, 0) is 83.2 Å². The minimum Gasteiger partial charge on any atom is -0.461 e. The summed E-state index contributed by atoms with van der Waals surface area (Å²) < 4.78 is 89.3. The van der Waals surface area contributed by atoms with Crippen LogP contribution in [0.15, 0.2) is 18.2 Å². The minimum atomic E-state index is -3.69. The van der Waals surface area contributed by atoms with Crippen molar-refractivity contribution in [1.29, 1.82) is 5.26 Å². The van der Waals surface area contributed by atoms with E-state index in [1.54, 1.807) is 33.8 Å². The molecular weight excluding hydrogens is 758 g/mol. The minimum absolute atomic E-state index is 0.0424. The molecule has 292 valence electrons. The van der Waals surface area contributed by atoms with Crippen molar-refractivity contribution in [2.24, 2.45) is 0 Å². The molecule has 3 N–H and O–H groups in total. The van der Waals surface area contributed by atoms with Gasteiger partial charge in [-0.1, -0.05) is 6.07 Å². The topological polar surface area (TPSA) is 162 Å². The van der Waals surface area contributed by atoms with E-state index in [-0.39, 0.29) is 63.0 Å². The lowest BCUT2D eigenvalue weighted by Gasteiger charge is -2.40. The van der Waals surface area contributed by atoms with Crippen LogP contribution in [0.1, 0.15) is 64.0 Å². The number of amides is 1. The van der Waals surface area contributed by atoms with Gasteiger partial charge in [0.25, 0.3) is 10.2 Å². The molecule has 3 atom stereocenters. The van der Waals surface area contributed by atoms with E-state index in [0.717, 1.165) is 30.7 Å². The zero-order valence-corrected chi connectivity index (χ0v) is 32.4. The summed E-state index contributed by atoms with van der Waals surface area (Å²) in [6.07, 6.45) is 1.31. The van der Waals surface area contributed by atoms with Gasteiger partial charge in [-0.3, -0.25) is 10.2 Å². The molecule has 6 heterocycles. The van der Waals surface area contributed by atoms with Crippen molar-refractivity contribution in [3.63, 3.8) is 0 Å². The van der Waals surface area contributed by atoms with Crippen molar-refractivity contribution in [2.45, 2.75) is 82.6 Å². The number of rotatable bonds is 6. The molecule has 13 nitrogen and oxygen atoms in total. The fourth-order valence-corrected chi connectivity index (χ4v) is 11.1. The SMILES string of the molecule is Cc1cc2c(N3CCC[C@]4(CNS(=O)(=O)N4)C3)nc(OC[C@@]34CCCN3C[C@H](F)C4)nc2c(F)c1-c1ccc(F)c2sc(NC(=O)OC(C)(C)C)c(C#N)c12. The Labute approximate surface area is 320 Å². The van der Waals surface area contributed by atoms with Gasteiger partial charge in [0.1, 0.15) is 46.6 Å². The lowest BCUT2D eigenvalue weighted by molar-refractivity contribution is 0.0636. The van der Waals surface area contributed by atoms with Crippen LogP contribution in [0.4, 0.5) is 28.8 Å². The van der Waals surface area contributed by atoms with Crippen molar-refractivity contribution < 1.29 is 35.9 Å².